The van der Waals surface area contributed by atoms with Gasteiger partial charge in [-0.2, -0.15) is 13.2 Å². The van der Waals surface area contributed by atoms with Crippen LogP contribution in [0.25, 0.3) is 5.65 Å². The number of alkyl halides is 5. The van der Waals surface area contributed by atoms with Gasteiger partial charge in [-0.25, -0.2) is 18.3 Å². The molecule has 3 aromatic rings. The van der Waals surface area contributed by atoms with Gasteiger partial charge in [0.2, 0.25) is 5.91 Å². The first-order valence-corrected chi connectivity index (χ1v) is 7.91. The standard InChI is InChI=1S/C16H8ClF5N4O/c17-9-3-1-2-7-6-10(27)26(11(7)9)12-8(13(18)19)4-5-25-14(12)23-15(24-25)16(20,21)22/h1-5,13H,6H2. The number of halogens is 6. The van der Waals surface area contributed by atoms with Crippen molar-refractivity contribution in [1.29, 1.82) is 0 Å². The average Bonchev–Trinajstić information content (AvgIpc) is 3.15. The van der Waals surface area contributed by atoms with E-state index in [1.165, 1.54) is 6.07 Å². The number of aromatic nitrogens is 3. The van der Waals surface area contributed by atoms with Crippen LogP contribution >= 0.6 is 11.6 Å². The largest absolute Gasteiger partial charge is 0.453 e. The summed E-state index contributed by atoms with van der Waals surface area (Å²) in [5.74, 6) is -2.11. The van der Waals surface area contributed by atoms with Crippen LogP contribution < -0.4 is 4.90 Å². The van der Waals surface area contributed by atoms with E-state index in [9.17, 15) is 26.7 Å². The van der Waals surface area contributed by atoms with Crippen molar-refractivity contribution in [1.82, 2.24) is 14.6 Å². The Balaban J connectivity index is 2.05. The lowest BCUT2D eigenvalue weighted by molar-refractivity contribution is -0.144. The minimum atomic E-state index is -4.88. The van der Waals surface area contributed by atoms with E-state index in [1.54, 1.807) is 12.1 Å². The molecule has 1 aliphatic heterocycles. The molecule has 0 radical (unpaired) electrons. The van der Waals surface area contributed by atoms with Gasteiger partial charge in [-0.3, -0.25) is 9.69 Å². The number of nitrogens with zero attached hydrogens (tertiary/aromatic N) is 4. The molecule has 0 unspecified atom stereocenters. The van der Waals surface area contributed by atoms with Crippen LogP contribution in [0.5, 0.6) is 0 Å². The topological polar surface area (TPSA) is 50.5 Å². The number of hydrogen-bond donors (Lipinski definition) is 0. The van der Waals surface area contributed by atoms with E-state index in [0.717, 1.165) is 17.2 Å². The molecule has 0 atom stereocenters. The highest BCUT2D eigenvalue weighted by atomic mass is 35.5. The van der Waals surface area contributed by atoms with Crippen LogP contribution in [0.4, 0.5) is 33.3 Å². The Bertz CT molecular complexity index is 1080. The zero-order chi connectivity index (χ0) is 19.5. The number of rotatable bonds is 2. The van der Waals surface area contributed by atoms with Gasteiger partial charge in [0.15, 0.2) is 5.65 Å². The number of benzene rings is 1. The highest BCUT2D eigenvalue weighted by Gasteiger charge is 2.39. The van der Waals surface area contributed by atoms with E-state index >= 15 is 0 Å². The Labute approximate surface area is 153 Å². The van der Waals surface area contributed by atoms with Crippen molar-refractivity contribution in [3.05, 3.63) is 52.4 Å². The van der Waals surface area contributed by atoms with Crippen LogP contribution in [-0.4, -0.2) is 20.5 Å². The van der Waals surface area contributed by atoms with Gasteiger partial charge in [0.05, 0.1) is 17.1 Å². The first-order chi connectivity index (χ1) is 12.7. The van der Waals surface area contributed by atoms with Crippen molar-refractivity contribution in [2.75, 3.05) is 4.90 Å². The van der Waals surface area contributed by atoms with Crippen LogP contribution in [0.2, 0.25) is 5.02 Å². The van der Waals surface area contributed by atoms with E-state index in [4.69, 9.17) is 11.6 Å². The van der Waals surface area contributed by atoms with Gasteiger partial charge < -0.3 is 0 Å². The van der Waals surface area contributed by atoms with Crippen LogP contribution in [0, 0.1) is 0 Å². The molecule has 27 heavy (non-hydrogen) atoms. The SMILES string of the molecule is O=C1Cc2cccc(Cl)c2N1c1c(C(F)F)ccn2nc(C(F)(F)F)nc12. The third-order valence-corrected chi connectivity index (χ3v) is 4.41. The maximum atomic E-state index is 13.6. The average molecular weight is 403 g/mol. The molecule has 1 aromatic carbocycles. The first-order valence-electron chi connectivity index (χ1n) is 7.53. The van der Waals surface area contributed by atoms with Crippen LogP contribution in [0.3, 0.4) is 0 Å². The summed E-state index contributed by atoms with van der Waals surface area (Å²) in [5.41, 5.74) is -1.00. The summed E-state index contributed by atoms with van der Waals surface area (Å²) in [6.07, 6.45) is -7.12. The number of amides is 1. The van der Waals surface area contributed by atoms with E-state index in [1.807, 2.05) is 0 Å². The van der Waals surface area contributed by atoms with Crippen LogP contribution in [-0.2, 0) is 17.4 Å². The van der Waals surface area contributed by atoms with E-state index < -0.39 is 41.2 Å². The lowest BCUT2D eigenvalue weighted by Crippen LogP contribution is -2.23. The Morgan fingerprint density at radius 2 is 1.89 bits per heavy atom. The lowest BCUT2D eigenvalue weighted by Gasteiger charge is -2.22. The molecule has 11 heteroatoms. The minimum absolute atomic E-state index is 0.108. The van der Waals surface area contributed by atoms with Gasteiger partial charge in [-0.05, 0) is 17.7 Å². The Morgan fingerprint density at radius 1 is 1.15 bits per heavy atom. The Hall–Kier alpha value is -2.75. The second kappa shape index (κ2) is 5.88. The second-order valence-electron chi connectivity index (χ2n) is 5.78. The fourth-order valence-corrected chi connectivity index (χ4v) is 3.31. The minimum Gasteiger partial charge on any atom is -0.275 e. The predicted molar refractivity (Wildman–Crippen MR) is 85.2 cm³/mol. The van der Waals surface area contributed by atoms with Crippen LogP contribution in [0.15, 0.2) is 30.5 Å². The molecule has 0 bridgehead atoms. The van der Waals surface area contributed by atoms with Crippen molar-refractivity contribution < 1.29 is 26.7 Å². The van der Waals surface area contributed by atoms with Gasteiger partial charge in [-0.15, -0.1) is 5.10 Å². The number of pyridine rings is 1. The summed E-state index contributed by atoms with van der Waals surface area (Å²) < 4.78 is 66.9. The molecule has 0 saturated heterocycles. The Kier molecular flexibility index (Phi) is 3.84. The molecule has 0 spiro atoms. The fraction of sp³-hybridized carbons (Fsp3) is 0.188. The van der Waals surface area contributed by atoms with Crippen molar-refractivity contribution in [3.8, 4) is 0 Å². The number of hydrogen-bond acceptors (Lipinski definition) is 3. The molecule has 4 rings (SSSR count). The van der Waals surface area contributed by atoms with Gasteiger partial charge in [0, 0.05) is 11.8 Å². The summed E-state index contributed by atoms with van der Waals surface area (Å²) in [4.78, 5) is 16.8. The first kappa shape index (κ1) is 17.7. The zero-order valence-corrected chi connectivity index (χ0v) is 13.9. The fourth-order valence-electron chi connectivity index (χ4n) is 3.03. The van der Waals surface area contributed by atoms with Gasteiger partial charge >= 0.3 is 6.18 Å². The van der Waals surface area contributed by atoms with Gasteiger partial charge in [0.25, 0.3) is 12.2 Å². The van der Waals surface area contributed by atoms with Crippen molar-refractivity contribution in [2.24, 2.45) is 0 Å². The third kappa shape index (κ3) is 2.71. The van der Waals surface area contributed by atoms with E-state index in [0.29, 0.717) is 10.1 Å². The summed E-state index contributed by atoms with van der Waals surface area (Å²) in [5, 5.41) is 3.39. The molecular weight excluding hydrogens is 395 g/mol. The van der Waals surface area contributed by atoms with Crippen molar-refractivity contribution in [3.63, 3.8) is 0 Å². The predicted octanol–water partition coefficient (Wildman–Crippen LogP) is 4.56. The molecule has 5 nitrogen and oxygen atoms in total. The molecular formula is C16H8ClF5N4O. The molecule has 0 N–H and O–H groups in total. The van der Waals surface area contributed by atoms with E-state index in [-0.39, 0.29) is 17.1 Å². The number of anilines is 2. The molecule has 2 aromatic heterocycles. The van der Waals surface area contributed by atoms with Crippen molar-refractivity contribution in [2.45, 2.75) is 19.0 Å². The summed E-state index contributed by atoms with van der Waals surface area (Å²) in [6.45, 7) is 0. The molecule has 1 aliphatic rings. The quantitative estimate of drug-likeness (QED) is 0.590. The summed E-state index contributed by atoms with van der Waals surface area (Å²) in [6, 6.07) is 5.54. The van der Waals surface area contributed by atoms with E-state index in [2.05, 4.69) is 10.1 Å². The normalized spacial score (nSPS) is 14.5. The molecule has 0 aliphatic carbocycles. The molecule has 0 saturated carbocycles. The molecule has 3 heterocycles. The van der Waals surface area contributed by atoms with Crippen molar-refractivity contribution >= 4 is 34.5 Å². The highest BCUT2D eigenvalue weighted by Crippen LogP contribution is 2.45. The molecule has 0 fully saturated rings. The zero-order valence-electron chi connectivity index (χ0n) is 13.1. The maximum Gasteiger partial charge on any atom is 0.453 e. The number of fused-ring (bicyclic) bond motifs is 2. The van der Waals surface area contributed by atoms with Crippen LogP contribution in [0.1, 0.15) is 23.4 Å². The highest BCUT2D eigenvalue weighted by molar-refractivity contribution is 6.35. The summed E-state index contributed by atoms with van der Waals surface area (Å²) in [7, 11) is 0. The number of para-hydroxylation sites is 1. The lowest BCUT2D eigenvalue weighted by atomic mass is 10.1. The molecule has 140 valence electrons. The summed E-state index contributed by atoms with van der Waals surface area (Å²) >= 11 is 6.14. The third-order valence-electron chi connectivity index (χ3n) is 4.11. The van der Waals surface area contributed by atoms with Gasteiger partial charge in [0.1, 0.15) is 5.69 Å². The second-order valence-corrected chi connectivity index (χ2v) is 6.18. The smallest absolute Gasteiger partial charge is 0.275 e. The maximum absolute atomic E-state index is 13.6. The Morgan fingerprint density at radius 3 is 2.56 bits per heavy atom. The van der Waals surface area contributed by atoms with Gasteiger partial charge in [-0.1, -0.05) is 23.7 Å². The number of carbonyl (C=O) groups is 1. The monoisotopic (exact) mass is 402 g/mol. The molecule has 1 amide bonds. The number of carbonyl (C=O) groups excluding carboxylic acids is 1.